The van der Waals surface area contributed by atoms with Gasteiger partial charge in [0, 0.05) is 19.2 Å². The number of hydrogen-bond donors (Lipinski definition) is 3. The summed E-state index contributed by atoms with van der Waals surface area (Å²) in [4.78, 5) is 4.20. The van der Waals surface area contributed by atoms with Gasteiger partial charge in [-0.15, -0.1) is 0 Å². The molecule has 2 atom stereocenters. The molecule has 0 aromatic heterocycles. The number of hydrazine groups is 1. The van der Waals surface area contributed by atoms with Crippen molar-refractivity contribution in [3.63, 3.8) is 0 Å². The molecule has 0 amide bonds. The summed E-state index contributed by atoms with van der Waals surface area (Å²) < 4.78 is 5.36. The SMILES string of the molecule is CCN=C(NN)NC1CCOCC1C. The fourth-order valence-electron chi connectivity index (χ4n) is 1.56. The van der Waals surface area contributed by atoms with Crippen LogP contribution < -0.4 is 16.6 Å². The van der Waals surface area contributed by atoms with Gasteiger partial charge in [0.05, 0.1) is 6.61 Å². The van der Waals surface area contributed by atoms with Gasteiger partial charge in [0.1, 0.15) is 0 Å². The normalized spacial score (nSPS) is 28.6. The van der Waals surface area contributed by atoms with Gasteiger partial charge in [0.2, 0.25) is 5.96 Å². The molecule has 82 valence electrons. The van der Waals surface area contributed by atoms with Crippen LogP contribution in [0.4, 0.5) is 0 Å². The lowest BCUT2D eigenvalue weighted by Crippen LogP contribution is -2.51. The number of rotatable bonds is 2. The summed E-state index contributed by atoms with van der Waals surface area (Å²) >= 11 is 0. The van der Waals surface area contributed by atoms with Crippen LogP contribution in [0.3, 0.4) is 0 Å². The molecule has 0 aromatic carbocycles. The minimum Gasteiger partial charge on any atom is -0.381 e. The van der Waals surface area contributed by atoms with E-state index in [4.69, 9.17) is 10.6 Å². The molecule has 1 fully saturated rings. The van der Waals surface area contributed by atoms with Crippen molar-refractivity contribution in [2.24, 2.45) is 16.8 Å². The molecule has 5 heteroatoms. The van der Waals surface area contributed by atoms with Crippen molar-refractivity contribution >= 4 is 5.96 Å². The maximum absolute atomic E-state index is 5.36. The van der Waals surface area contributed by atoms with Crippen molar-refractivity contribution in [1.82, 2.24) is 10.7 Å². The van der Waals surface area contributed by atoms with E-state index in [-0.39, 0.29) is 0 Å². The summed E-state index contributed by atoms with van der Waals surface area (Å²) in [5.74, 6) is 6.52. The molecule has 14 heavy (non-hydrogen) atoms. The Balaban J connectivity index is 2.43. The molecule has 4 N–H and O–H groups in total. The molecule has 0 bridgehead atoms. The molecule has 0 radical (unpaired) electrons. The lowest BCUT2D eigenvalue weighted by atomic mass is 9.98. The standard InChI is InChI=1S/C9H20N4O/c1-3-11-9(13-10)12-8-4-5-14-6-7(8)2/h7-8H,3-6,10H2,1-2H3,(H2,11,12,13). The van der Waals surface area contributed by atoms with Crippen molar-refractivity contribution in [2.75, 3.05) is 19.8 Å². The molecule has 5 nitrogen and oxygen atoms in total. The van der Waals surface area contributed by atoms with Crippen molar-refractivity contribution in [3.05, 3.63) is 0 Å². The minimum atomic E-state index is 0.408. The van der Waals surface area contributed by atoms with E-state index in [1.165, 1.54) is 0 Å². The van der Waals surface area contributed by atoms with Gasteiger partial charge in [0.25, 0.3) is 0 Å². The number of aliphatic imine (C=N–C) groups is 1. The molecule has 1 saturated heterocycles. The summed E-state index contributed by atoms with van der Waals surface area (Å²) in [6.07, 6.45) is 1.01. The van der Waals surface area contributed by atoms with Crippen LogP contribution >= 0.6 is 0 Å². The molecule has 0 aromatic rings. The van der Waals surface area contributed by atoms with Crippen molar-refractivity contribution in [1.29, 1.82) is 0 Å². The quantitative estimate of drug-likeness (QED) is 0.251. The van der Waals surface area contributed by atoms with Crippen LogP contribution in [-0.4, -0.2) is 31.8 Å². The highest BCUT2D eigenvalue weighted by atomic mass is 16.5. The Labute approximate surface area is 85.1 Å². The minimum absolute atomic E-state index is 0.408. The predicted molar refractivity (Wildman–Crippen MR) is 56.8 cm³/mol. The van der Waals surface area contributed by atoms with Crippen LogP contribution in [0.15, 0.2) is 4.99 Å². The third kappa shape index (κ3) is 3.16. The molecule has 1 aliphatic rings. The molecule has 1 heterocycles. The molecule has 0 aliphatic carbocycles. The smallest absolute Gasteiger partial charge is 0.205 e. The molecule has 2 unspecified atom stereocenters. The predicted octanol–water partition coefficient (Wildman–Crippen LogP) is -0.160. The van der Waals surface area contributed by atoms with Gasteiger partial charge < -0.3 is 10.1 Å². The largest absolute Gasteiger partial charge is 0.381 e. The number of hydrogen-bond acceptors (Lipinski definition) is 3. The van der Waals surface area contributed by atoms with E-state index in [0.717, 1.165) is 26.2 Å². The third-order valence-electron chi connectivity index (χ3n) is 2.42. The second-order valence-corrected chi connectivity index (χ2v) is 3.56. The van der Waals surface area contributed by atoms with Gasteiger partial charge in [0.15, 0.2) is 0 Å². The number of nitrogens with two attached hydrogens (primary N) is 1. The molecule has 1 aliphatic heterocycles. The maximum atomic E-state index is 5.36. The summed E-state index contributed by atoms with van der Waals surface area (Å²) in [6, 6.07) is 0.408. The van der Waals surface area contributed by atoms with Crippen LogP contribution in [-0.2, 0) is 4.74 Å². The zero-order valence-corrected chi connectivity index (χ0v) is 8.92. The van der Waals surface area contributed by atoms with Gasteiger partial charge in [-0.3, -0.25) is 10.4 Å². The van der Waals surface area contributed by atoms with Crippen LogP contribution in [0.5, 0.6) is 0 Å². The molecule has 0 saturated carbocycles. The first-order valence-corrected chi connectivity index (χ1v) is 5.13. The molecule has 0 spiro atoms. The Morgan fingerprint density at radius 1 is 1.64 bits per heavy atom. The Bertz CT molecular complexity index is 195. The van der Waals surface area contributed by atoms with E-state index in [2.05, 4.69) is 22.7 Å². The first-order valence-electron chi connectivity index (χ1n) is 5.13. The van der Waals surface area contributed by atoms with E-state index in [1.54, 1.807) is 0 Å². The lowest BCUT2D eigenvalue weighted by Gasteiger charge is -2.30. The number of guanidine groups is 1. The maximum Gasteiger partial charge on any atom is 0.205 e. The van der Waals surface area contributed by atoms with Crippen molar-refractivity contribution in [3.8, 4) is 0 Å². The monoisotopic (exact) mass is 200 g/mol. The fraction of sp³-hybridized carbons (Fsp3) is 0.889. The second-order valence-electron chi connectivity index (χ2n) is 3.56. The molecular formula is C9H20N4O. The number of nitrogens with one attached hydrogen (secondary N) is 2. The third-order valence-corrected chi connectivity index (χ3v) is 2.42. The van der Waals surface area contributed by atoms with E-state index in [0.29, 0.717) is 17.9 Å². The van der Waals surface area contributed by atoms with Gasteiger partial charge in [-0.25, -0.2) is 5.84 Å². The summed E-state index contributed by atoms with van der Waals surface area (Å²) in [5.41, 5.74) is 2.57. The highest BCUT2D eigenvalue weighted by Gasteiger charge is 2.22. The van der Waals surface area contributed by atoms with Gasteiger partial charge in [-0.05, 0) is 19.3 Å². The highest BCUT2D eigenvalue weighted by Crippen LogP contribution is 2.13. The zero-order chi connectivity index (χ0) is 10.4. The van der Waals surface area contributed by atoms with Crippen LogP contribution in [0, 0.1) is 5.92 Å². The van der Waals surface area contributed by atoms with Crippen LogP contribution in [0.2, 0.25) is 0 Å². The summed E-state index contributed by atoms with van der Waals surface area (Å²) in [6.45, 7) is 6.49. The Kier molecular flexibility index (Phi) is 4.69. The van der Waals surface area contributed by atoms with Gasteiger partial charge in [-0.1, -0.05) is 6.92 Å². The van der Waals surface area contributed by atoms with E-state index < -0.39 is 0 Å². The number of ether oxygens (including phenoxy) is 1. The fourth-order valence-corrected chi connectivity index (χ4v) is 1.56. The second kappa shape index (κ2) is 5.82. The number of nitrogens with zero attached hydrogens (tertiary/aromatic N) is 1. The first kappa shape index (κ1) is 11.3. The summed E-state index contributed by atoms with van der Waals surface area (Å²) in [7, 11) is 0. The summed E-state index contributed by atoms with van der Waals surface area (Å²) in [5, 5.41) is 3.29. The van der Waals surface area contributed by atoms with Crippen molar-refractivity contribution in [2.45, 2.75) is 26.3 Å². The van der Waals surface area contributed by atoms with E-state index in [9.17, 15) is 0 Å². The Hall–Kier alpha value is -0.810. The van der Waals surface area contributed by atoms with Crippen LogP contribution in [0.1, 0.15) is 20.3 Å². The lowest BCUT2D eigenvalue weighted by molar-refractivity contribution is 0.0439. The zero-order valence-electron chi connectivity index (χ0n) is 8.92. The molecule has 1 rings (SSSR count). The highest BCUT2D eigenvalue weighted by molar-refractivity contribution is 5.79. The Morgan fingerprint density at radius 2 is 2.43 bits per heavy atom. The molecular weight excluding hydrogens is 180 g/mol. The van der Waals surface area contributed by atoms with E-state index >= 15 is 0 Å². The van der Waals surface area contributed by atoms with E-state index in [1.807, 2.05) is 6.92 Å². The van der Waals surface area contributed by atoms with Gasteiger partial charge in [-0.2, -0.15) is 0 Å². The Morgan fingerprint density at radius 3 is 3.00 bits per heavy atom. The first-order chi connectivity index (χ1) is 6.77. The van der Waals surface area contributed by atoms with Crippen molar-refractivity contribution < 1.29 is 4.74 Å². The van der Waals surface area contributed by atoms with Gasteiger partial charge >= 0.3 is 0 Å². The van der Waals surface area contributed by atoms with Crippen LogP contribution in [0.25, 0.3) is 0 Å². The average Bonchev–Trinajstić information content (AvgIpc) is 2.20. The average molecular weight is 200 g/mol. The topological polar surface area (TPSA) is 71.7 Å².